The van der Waals surface area contributed by atoms with Gasteiger partial charge in [-0.1, -0.05) is 19.1 Å². The molecular weight excluding hydrogens is 250 g/mol. The summed E-state index contributed by atoms with van der Waals surface area (Å²) in [5.74, 6) is 0. The summed E-state index contributed by atoms with van der Waals surface area (Å²) < 4.78 is 0. The predicted molar refractivity (Wildman–Crippen MR) is 84.2 cm³/mol. The van der Waals surface area contributed by atoms with Crippen LogP contribution in [0.25, 0.3) is 0 Å². The summed E-state index contributed by atoms with van der Waals surface area (Å²) in [6.07, 6.45) is 1.18. The Bertz CT molecular complexity index is 372. The fraction of sp³-hybridized carbons (Fsp3) is 0.625. The summed E-state index contributed by atoms with van der Waals surface area (Å²) >= 11 is 0. The molecule has 0 radical (unpaired) electrons. The van der Waals surface area contributed by atoms with Crippen LogP contribution in [-0.2, 0) is 6.54 Å². The topological polar surface area (TPSA) is 38.7 Å². The highest BCUT2D eigenvalue weighted by molar-refractivity contribution is 5.48. The van der Waals surface area contributed by atoms with Crippen LogP contribution in [0.2, 0.25) is 0 Å². The number of rotatable bonds is 7. The van der Waals surface area contributed by atoms with Crippen LogP contribution in [0, 0.1) is 0 Å². The molecule has 2 rings (SSSR count). The number of hydrogen-bond acceptors (Lipinski definition) is 4. The summed E-state index contributed by atoms with van der Waals surface area (Å²) in [4.78, 5) is 4.75. The molecular formula is C16H27N3O. The lowest BCUT2D eigenvalue weighted by molar-refractivity contribution is 0.189. The first-order valence-corrected chi connectivity index (χ1v) is 7.71. The number of aliphatic hydroxyl groups excluding tert-OH is 1. The van der Waals surface area contributed by atoms with Gasteiger partial charge in [0.05, 0.1) is 6.61 Å². The SMILES string of the molecule is CCCNCc1ccc(N2CCN(CCO)CC2)cc1. The quantitative estimate of drug-likeness (QED) is 0.737. The molecule has 1 aliphatic heterocycles. The Kier molecular flexibility index (Phi) is 6.30. The molecule has 1 heterocycles. The molecule has 0 spiro atoms. The highest BCUT2D eigenvalue weighted by atomic mass is 16.3. The fourth-order valence-corrected chi connectivity index (χ4v) is 2.61. The molecule has 1 fully saturated rings. The molecule has 0 bridgehead atoms. The second-order valence-corrected chi connectivity index (χ2v) is 5.40. The lowest BCUT2D eigenvalue weighted by Crippen LogP contribution is -2.47. The zero-order valence-electron chi connectivity index (χ0n) is 12.5. The molecule has 20 heavy (non-hydrogen) atoms. The van der Waals surface area contributed by atoms with Gasteiger partial charge in [0.2, 0.25) is 0 Å². The third-order valence-electron chi connectivity index (χ3n) is 3.85. The van der Waals surface area contributed by atoms with Crippen LogP contribution in [0.4, 0.5) is 5.69 Å². The molecule has 0 unspecified atom stereocenters. The van der Waals surface area contributed by atoms with Crippen molar-refractivity contribution in [1.29, 1.82) is 0 Å². The number of nitrogens with one attached hydrogen (secondary N) is 1. The molecule has 0 saturated carbocycles. The Morgan fingerprint density at radius 1 is 1.10 bits per heavy atom. The minimum absolute atomic E-state index is 0.263. The van der Waals surface area contributed by atoms with Crippen molar-refractivity contribution in [1.82, 2.24) is 10.2 Å². The van der Waals surface area contributed by atoms with E-state index in [9.17, 15) is 0 Å². The van der Waals surface area contributed by atoms with E-state index in [1.54, 1.807) is 0 Å². The smallest absolute Gasteiger partial charge is 0.0558 e. The molecule has 0 amide bonds. The molecule has 1 aliphatic rings. The molecule has 0 aliphatic carbocycles. The van der Waals surface area contributed by atoms with Crippen LogP contribution in [0.15, 0.2) is 24.3 Å². The lowest BCUT2D eigenvalue weighted by atomic mass is 10.1. The second kappa shape index (κ2) is 8.25. The summed E-state index contributed by atoms with van der Waals surface area (Å²) in [6, 6.07) is 8.89. The summed E-state index contributed by atoms with van der Waals surface area (Å²) in [5, 5.41) is 12.4. The van der Waals surface area contributed by atoms with Crippen molar-refractivity contribution in [2.24, 2.45) is 0 Å². The molecule has 112 valence electrons. The number of benzene rings is 1. The minimum atomic E-state index is 0.263. The van der Waals surface area contributed by atoms with E-state index in [1.807, 2.05) is 0 Å². The first-order chi connectivity index (χ1) is 9.83. The third-order valence-corrected chi connectivity index (χ3v) is 3.85. The molecule has 1 saturated heterocycles. The van der Waals surface area contributed by atoms with E-state index in [0.29, 0.717) is 0 Å². The van der Waals surface area contributed by atoms with Gasteiger partial charge in [0.15, 0.2) is 0 Å². The Balaban J connectivity index is 1.81. The van der Waals surface area contributed by atoms with Crippen molar-refractivity contribution >= 4 is 5.69 Å². The van der Waals surface area contributed by atoms with Gasteiger partial charge in [0.1, 0.15) is 0 Å². The summed E-state index contributed by atoms with van der Waals surface area (Å²) in [6.45, 7) is 9.47. The fourth-order valence-electron chi connectivity index (χ4n) is 2.61. The van der Waals surface area contributed by atoms with Crippen LogP contribution in [-0.4, -0.2) is 55.9 Å². The third kappa shape index (κ3) is 4.47. The van der Waals surface area contributed by atoms with Gasteiger partial charge in [0, 0.05) is 45.0 Å². The van der Waals surface area contributed by atoms with E-state index in [1.165, 1.54) is 17.7 Å². The van der Waals surface area contributed by atoms with Gasteiger partial charge in [-0.15, -0.1) is 0 Å². The molecule has 2 N–H and O–H groups in total. The normalized spacial score (nSPS) is 16.6. The number of β-amino-alcohol motifs (C(OH)–C–C–N with tert-alkyl or cyclic N) is 1. The second-order valence-electron chi connectivity index (χ2n) is 5.40. The highest BCUT2D eigenvalue weighted by Crippen LogP contribution is 2.17. The van der Waals surface area contributed by atoms with Crippen molar-refractivity contribution in [3.8, 4) is 0 Å². The van der Waals surface area contributed by atoms with E-state index in [2.05, 4.69) is 46.3 Å². The Hall–Kier alpha value is -1.10. The van der Waals surface area contributed by atoms with Gasteiger partial charge in [-0.2, -0.15) is 0 Å². The van der Waals surface area contributed by atoms with Crippen LogP contribution < -0.4 is 10.2 Å². The van der Waals surface area contributed by atoms with Gasteiger partial charge in [-0.05, 0) is 30.7 Å². The Morgan fingerprint density at radius 3 is 2.40 bits per heavy atom. The van der Waals surface area contributed by atoms with E-state index in [0.717, 1.165) is 45.8 Å². The molecule has 0 atom stereocenters. The standard InChI is InChI=1S/C16H27N3O/c1-2-7-17-14-15-3-5-16(6-4-15)19-10-8-18(9-11-19)12-13-20/h3-6,17,20H,2,7-14H2,1H3. The largest absolute Gasteiger partial charge is 0.395 e. The maximum atomic E-state index is 8.96. The zero-order chi connectivity index (χ0) is 14.2. The van der Waals surface area contributed by atoms with Crippen molar-refractivity contribution < 1.29 is 5.11 Å². The van der Waals surface area contributed by atoms with Gasteiger partial charge in [0.25, 0.3) is 0 Å². The molecule has 4 nitrogen and oxygen atoms in total. The van der Waals surface area contributed by atoms with Crippen molar-refractivity contribution in [2.45, 2.75) is 19.9 Å². The first kappa shape index (κ1) is 15.3. The van der Waals surface area contributed by atoms with E-state index in [4.69, 9.17) is 5.11 Å². The highest BCUT2D eigenvalue weighted by Gasteiger charge is 2.16. The number of piperazine rings is 1. The van der Waals surface area contributed by atoms with Crippen molar-refractivity contribution in [3.05, 3.63) is 29.8 Å². The van der Waals surface area contributed by atoms with Crippen molar-refractivity contribution in [2.75, 3.05) is 50.8 Å². The Labute approximate surface area is 122 Å². The number of hydrogen-bond donors (Lipinski definition) is 2. The van der Waals surface area contributed by atoms with E-state index in [-0.39, 0.29) is 6.61 Å². The molecule has 1 aromatic rings. The first-order valence-electron chi connectivity index (χ1n) is 7.71. The minimum Gasteiger partial charge on any atom is -0.395 e. The predicted octanol–water partition coefficient (Wildman–Crippen LogP) is 1.30. The van der Waals surface area contributed by atoms with Crippen LogP contribution in [0.5, 0.6) is 0 Å². The number of anilines is 1. The van der Waals surface area contributed by atoms with Gasteiger partial charge in [-0.3, -0.25) is 4.90 Å². The van der Waals surface area contributed by atoms with Crippen LogP contribution >= 0.6 is 0 Å². The lowest BCUT2D eigenvalue weighted by Gasteiger charge is -2.35. The summed E-state index contributed by atoms with van der Waals surface area (Å²) in [7, 11) is 0. The monoisotopic (exact) mass is 277 g/mol. The number of nitrogens with zero attached hydrogens (tertiary/aromatic N) is 2. The zero-order valence-corrected chi connectivity index (χ0v) is 12.5. The van der Waals surface area contributed by atoms with Gasteiger partial charge in [-0.25, -0.2) is 0 Å². The molecule has 1 aromatic carbocycles. The Morgan fingerprint density at radius 2 is 1.80 bits per heavy atom. The van der Waals surface area contributed by atoms with Crippen LogP contribution in [0.1, 0.15) is 18.9 Å². The molecule has 0 aromatic heterocycles. The van der Waals surface area contributed by atoms with Gasteiger partial charge < -0.3 is 15.3 Å². The van der Waals surface area contributed by atoms with E-state index >= 15 is 0 Å². The average molecular weight is 277 g/mol. The maximum absolute atomic E-state index is 8.96. The van der Waals surface area contributed by atoms with Gasteiger partial charge >= 0.3 is 0 Å². The summed E-state index contributed by atoms with van der Waals surface area (Å²) in [5.41, 5.74) is 2.66. The van der Waals surface area contributed by atoms with E-state index < -0.39 is 0 Å². The average Bonchev–Trinajstić information content (AvgIpc) is 2.49. The molecule has 4 heteroatoms. The number of aliphatic hydroxyl groups is 1. The van der Waals surface area contributed by atoms with Crippen LogP contribution in [0.3, 0.4) is 0 Å². The van der Waals surface area contributed by atoms with Crippen molar-refractivity contribution in [3.63, 3.8) is 0 Å². The maximum Gasteiger partial charge on any atom is 0.0558 e.